The van der Waals surface area contributed by atoms with Crippen LogP contribution in [0.25, 0.3) is 0 Å². The Labute approximate surface area is 153 Å². The first-order valence-electron chi connectivity index (χ1n) is 8.95. The topological polar surface area (TPSA) is 101 Å². The van der Waals surface area contributed by atoms with Crippen molar-refractivity contribution in [1.29, 1.82) is 0 Å². The predicted octanol–water partition coefficient (Wildman–Crippen LogP) is 0.363. The summed E-state index contributed by atoms with van der Waals surface area (Å²) in [4.78, 5) is 36.8. The van der Waals surface area contributed by atoms with Gasteiger partial charge in [0, 0.05) is 31.4 Å². The van der Waals surface area contributed by atoms with E-state index >= 15 is 0 Å². The van der Waals surface area contributed by atoms with Crippen LogP contribution in [0.2, 0.25) is 0 Å². The first-order chi connectivity index (χ1) is 12.4. The second kappa shape index (κ2) is 7.30. The van der Waals surface area contributed by atoms with Gasteiger partial charge in [-0.15, -0.1) is 0 Å². The van der Waals surface area contributed by atoms with E-state index < -0.39 is 21.9 Å². The minimum absolute atomic E-state index is 0.00583. The summed E-state index contributed by atoms with van der Waals surface area (Å²) in [6.45, 7) is 4.57. The molecule has 142 valence electrons. The molecule has 2 fully saturated rings. The van der Waals surface area contributed by atoms with Crippen LogP contribution in [0.3, 0.4) is 0 Å². The minimum atomic E-state index is -3.31. The summed E-state index contributed by atoms with van der Waals surface area (Å²) in [6, 6.07) is -1.01. The number of carbonyl (C=O) groups excluding carboxylic acids is 2. The Morgan fingerprint density at radius 1 is 1.12 bits per heavy atom. The molecule has 0 unspecified atom stereocenters. The molecule has 2 aliphatic rings. The van der Waals surface area contributed by atoms with E-state index in [9.17, 15) is 18.0 Å². The van der Waals surface area contributed by atoms with E-state index in [4.69, 9.17) is 0 Å². The van der Waals surface area contributed by atoms with E-state index in [0.29, 0.717) is 13.1 Å². The average Bonchev–Trinajstić information content (AvgIpc) is 2.96. The van der Waals surface area contributed by atoms with E-state index in [0.717, 1.165) is 12.8 Å². The normalized spacial score (nSPS) is 24.6. The highest BCUT2D eigenvalue weighted by molar-refractivity contribution is 7.91. The Morgan fingerprint density at radius 2 is 1.73 bits per heavy atom. The van der Waals surface area contributed by atoms with Crippen LogP contribution in [0, 0.1) is 5.92 Å². The van der Waals surface area contributed by atoms with Crippen molar-refractivity contribution in [2.75, 3.05) is 24.6 Å². The fraction of sp³-hybridized carbons (Fsp3) is 0.647. The molecule has 0 bridgehead atoms. The van der Waals surface area contributed by atoms with Gasteiger partial charge in [0.05, 0.1) is 29.8 Å². The lowest BCUT2D eigenvalue weighted by Crippen LogP contribution is -2.62. The largest absolute Gasteiger partial charge is 0.335 e. The molecule has 0 aliphatic carbocycles. The number of piperazine rings is 1. The van der Waals surface area contributed by atoms with Gasteiger partial charge in [0.25, 0.3) is 5.91 Å². The lowest BCUT2D eigenvalue weighted by Gasteiger charge is -2.44. The average molecular weight is 380 g/mol. The first-order valence-corrected chi connectivity index (χ1v) is 10.8. The number of hydrogen-bond acceptors (Lipinski definition) is 6. The highest BCUT2D eigenvalue weighted by Crippen LogP contribution is 2.29. The highest BCUT2D eigenvalue weighted by Gasteiger charge is 2.50. The highest BCUT2D eigenvalue weighted by atomic mass is 32.2. The van der Waals surface area contributed by atoms with E-state index in [-0.39, 0.29) is 34.9 Å². The van der Waals surface area contributed by atoms with Crippen LogP contribution < -0.4 is 0 Å². The zero-order valence-electron chi connectivity index (χ0n) is 15.0. The number of sulfone groups is 1. The van der Waals surface area contributed by atoms with Crippen LogP contribution in [0.15, 0.2) is 18.6 Å². The zero-order chi connectivity index (χ0) is 18.9. The summed E-state index contributed by atoms with van der Waals surface area (Å²) in [5.74, 6) is -0.654. The maximum absolute atomic E-state index is 12.9. The number of hydrogen-bond donors (Lipinski definition) is 0. The van der Waals surface area contributed by atoms with Crippen LogP contribution in [-0.4, -0.2) is 76.7 Å². The molecule has 26 heavy (non-hydrogen) atoms. The number of amides is 2. The smallest absolute Gasteiger partial charge is 0.274 e. The molecule has 0 saturated carbocycles. The summed E-state index contributed by atoms with van der Waals surface area (Å²) in [6.07, 6.45) is 5.73. The van der Waals surface area contributed by atoms with Crippen molar-refractivity contribution in [3.8, 4) is 0 Å². The molecular weight excluding hydrogens is 356 g/mol. The van der Waals surface area contributed by atoms with Crippen molar-refractivity contribution in [2.24, 2.45) is 5.92 Å². The van der Waals surface area contributed by atoms with Gasteiger partial charge < -0.3 is 9.80 Å². The van der Waals surface area contributed by atoms with Crippen LogP contribution in [-0.2, 0) is 14.6 Å². The minimum Gasteiger partial charge on any atom is -0.335 e. The van der Waals surface area contributed by atoms with Gasteiger partial charge in [-0.2, -0.15) is 0 Å². The molecule has 3 heterocycles. The van der Waals surface area contributed by atoms with Crippen molar-refractivity contribution in [3.05, 3.63) is 24.3 Å². The van der Waals surface area contributed by atoms with E-state index in [1.807, 2.05) is 13.8 Å². The Bertz CT molecular complexity index is 779. The molecule has 2 saturated heterocycles. The second-order valence-corrected chi connectivity index (χ2v) is 9.00. The number of fused-ring (bicyclic) bond motifs is 1. The van der Waals surface area contributed by atoms with E-state index in [1.54, 1.807) is 9.80 Å². The monoisotopic (exact) mass is 380 g/mol. The molecule has 0 radical (unpaired) electrons. The number of nitrogens with zero attached hydrogens (tertiary/aromatic N) is 4. The lowest BCUT2D eigenvalue weighted by atomic mass is 9.97. The van der Waals surface area contributed by atoms with Crippen LogP contribution in [0.4, 0.5) is 0 Å². The molecule has 0 N–H and O–H groups in total. The van der Waals surface area contributed by atoms with Gasteiger partial charge >= 0.3 is 0 Å². The molecule has 2 amide bonds. The van der Waals surface area contributed by atoms with Gasteiger partial charge in [0.2, 0.25) is 5.91 Å². The van der Waals surface area contributed by atoms with Gasteiger partial charge in [-0.05, 0) is 12.8 Å². The van der Waals surface area contributed by atoms with Gasteiger partial charge in [-0.25, -0.2) is 13.4 Å². The van der Waals surface area contributed by atoms with Crippen molar-refractivity contribution >= 4 is 21.7 Å². The number of rotatable bonds is 4. The molecule has 8 nitrogen and oxygen atoms in total. The van der Waals surface area contributed by atoms with Crippen molar-refractivity contribution in [3.63, 3.8) is 0 Å². The van der Waals surface area contributed by atoms with Crippen molar-refractivity contribution in [2.45, 2.75) is 38.8 Å². The molecule has 0 aromatic carbocycles. The molecule has 2 atom stereocenters. The van der Waals surface area contributed by atoms with Crippen LogP contribution >= 0.6 is 0 Å². The maximum atomic E-state index is 12.9. The zero-order valence-corrected chi connectivity index (χ0v) is 15.9. The Balaban J connectivity index is 1.88. The van der Waals surface area contributed by atoms with Crippen molar-refractivity contribution in [1.82, 2.24) is 19.8 Å². The molecule has 0 spiro atoms. The summed E-state index contributed by atoms with van der Waals surface area (Å²) in [5, 5.41) is 0. The van der Waals surface area contributed by atoms with Crippen molar-refractivity contribution < 1.29 is 18.0 Å². The van der Waals surface area contributed by atoms with E-state index in [2.05, 4.69) is 9.97 Å². The van der Waals surface area contributed by atoms with Crippen LogP contribution in [0.1, 0.15) is 37.2 Å². The number of aromatic nitrogens is 2. The molecule has 2 aliphatic heterocycles. The Morgan fingerprint density at radius 3 is 2.31 bits per heavy atom. The summed E-state index contributed by atoms with van der Waals surface area (Å²) in [5.41, 5.74) is 0.190. The van der Waals surface area contributed by atoms with Crippen LogP contribution in [0.5, 0.6) is 0 Å². The van der Waals surface area contributed by atoms with Gasteiger partial charge in [0.1, 0.15) is 5.69 Å². The van der Waals surface area contributed by atoms with Gasteiger partial charge in [-0.3, -0.25) is 14.6 Å². The molecule has 9 heteroatoms. The molecule has 3 rings (SSSR count). The Kier molecular flexibility index (Phi) is 5.27. The third-order valence-electron chi connectivity index (χ3n) is 5.34. The first kappa shape index (κ1) is 18.8. The summed E-state index contributed by atoms with van der Waals surface area (Å²) < 4.78 is 24.5. The van der Waals surface area contributed by atoms with Gasteiger partial charge in [0.15, 0.2) is 9.84 Å². The quantitative estimate of drug-likeness (QED) is 0.748. The number of carbonyl (C=O) groups is 2. The third-order valence-corrected chi connectivity index (χ3v) is 7.04. The SMILES string of the molecule is CCC(CC)C(=O)N1CCN(C(=O)c2cnccn2)[C@@H]2CS(=O)(=O)C[C@@H]21. The summed E-state index contributed by atoms with van der Waals surface area (Å²) >= 11 is 0. The fourth-order valence-electron chi connectivity index (χ4n) is 3.91. The maximum Gasteiger partial charge on any atom is 0.274 e. The Hall–Kier alpha value is -2.03. The molecular formula is C17H24N4O4S. The third kappa shape index (κ3) is 3.44. The lowest BCUT2D eigenvalue weighted by molar-refractivity contribution is -0.141. The second-order valence-electron chi connectivity index (χ2n) is 6.85. The summed E-state index contributed by atoms with van der Waals surface area (Å²) in [7, 11) is -3.31. The standard InChI is InChI=1S/C17H24N4O4S/c1-3-12(4-2)16(22)20-7-8-21(15-11-26(24,25)10-14(15)20)17(23)13-9-18-5-6-19-13/h5-6,9,12,14-15H,3-4,7-8,10-11H2,1-2H3/t14-,15+/m0/s1. The fourth-order valence-corrected chi connectivity index (χ4v) is 5.89. The predicted molar refractivity (Wildman–Crippen MR) is 95.1 cm³/mol. The van der Waals surface area contributed by atoms with E-state index in [1.165, 1.54) is 18.6 Å². The molecule has 1 aromatic heterocycles. The van der Waals surface area contributed by atoms with Gasteiger partial charge in [-0.1, -0.05) is 13.8 Å². The molecule has 1 aromatic rings.